The van der Waals surface area contributed by atoms with Crippen molar-refractivity contribution in [3.8, 4) is 21.7 Å². The van der Waals surface area contributed by atoms with Crippen LogP contribution in [0.1, 0.15) is 35.6 Å². The van der Waals surface area contributed by atoms with E-state index in [-0.39, 0.29) is 12.3 Å². The molecular weight excluding hydrogens is 416 g/mol. The number of aliphatic hydroxyl groups excluding tert-OH is 1. The van der Waals surface area contributed by atoms with Gasteiger partial charge in [-0.15, -0.1) is 0 Å². The van der Waals surface area contributed by atoms with E-state index < -0.39 is 6.10 Å². The van der Waals surface area contributed by atoms with Gasteiger partial charge in [0, 0.05) is 12.0 Å². The Bertz CT molecular complexity index is 1200. The minimum atomic E-state index is -0.663. The van der Waals surface area contributed by atoms with Crippen molar-refractivity contribution in [2.45, 2.75) is 32.8 Å². The molecule has 1 aromatic heterocycles. The number of carbonyl (C=O) groups is 1. The molecule has 4 nitrogen and oxygen atoms in total. The maximum Gasteiger partial charge on any atom is 0.226 e. The number of anilines is 1. The molecule has 0 radical (unpaired) electrons. The summed E-state index contributed by atoms with van der Waals surface area (Å²) in [7, 11) is 0. The monoisotopic (exact) mass is 442 g/mol. The molecule has 1 amide bonds. The number of aliphatic hydroxyl groups is 1. The van der Waals surface area contributed by atoms with Crippen LogP contribution in [0.5, 0.6) is 0 Å². The first-order chi connectivity index (χ1) is 15.5. The minimum Gasteiger partial charge on any atom is -0.388 e. The summed E-state index contributed by atoms with van der Waals surface area (Å²) in [6.07, 6.45) is -0.0873. The first-order valence-corrected chi connectivity index (χ1v) is 11.5. The topological polar surface area (TPSA) is 62.2 Å². The van der Waals surface area contributed by atoms with E-state index in [1.807, 2.05) is 60.7 Å². The number of nitrogens with zero attached hydrogens (tertiary/aromatic N) is 1. The van der Waals surface area contributed by atoms with E-state index in [0.29, 0.717) is 11.6 Å². The third kappa shape index (κ3) is 5.13. The van der Waals surface area contributed by atoms with Gasteiger partial charge in [0.05, 0.1) is 16.7 Å². The SMILES string of the molecule is Cc1ccc(-c2sc(NC(=O)CC[C@H](O)c3ccccc3)nc2-c2ccccc2)cc1C. The fourth-order valence-electron chi connectivity index (χ4n) is 3.54. The predicted octanol–water partition coefficient (Wildman–Crippen LogP) is 6.55. The number of rotatable bonds is 7. The summed E-state index contributed by atoms with van der Waals surface area (Å²) < 4.78 is 0. The van der Waals surface area contributed by atoms with Gasteiger partial charge in [0.1, 0.15) is 0 Å². The second kappa shape index (κ2) is 9.90. The Balaban J connectivity index is 1.54. The molecule has 0 spiro atoms. The fraction of sp³-hybridized carbons (Fsp3) is 0.185. The van der Waals surface area contributed by atoms with Gasteiger partial charge < -0.3 is 10.4 Å². The Hall–Kier alpha value is -3.28. The maximum atomic E-state index is 12.6. The Labute approximate surface area is 192 Å². The van der Waals surface area contributed by atoms with E-state index in [9.17, 15) is 9.90 Å². The second-order valence-electron chi connectivity index (χ2n) is 7.88. The van der Waals surface area contributed by atoms with Crippen molar-refractivity contribution < 1.29 is 9.90 Å². The van der Waals surface area contributed by atoms with Crippen molar-refractivity contribution in [3.63, 3.8) is 0 Å². The third-order valence-corrected chi connectivity index (χ3v) is 6.54. The van der Waals surface area contributed by atoms with Crippen molar-refractivity contribution in [1.29, 1.82) is 0 Å². The highest BCUT2D eigenvalue weighted by Gasteiger charge is 2.17. The van der Waals surface area contributed by atoms with Crippen molar-refractivity contribution in [1.82, 2.24) is 4.98 Å². The molecule has 0 aliphatic heterocycles. The number of nitrogens with one attached hydrogen (secondary N) is 1. The Morgan fingerprint density at radius 3 is 2.31 bits per heavy atom. The van der Waals surface area contributed by atoms with Crippen LogP contribution in [0.2, 0.25) is 0 Å². The fourth-order valence-corrected chi connectivity index (χ4v) is 4.54. The second-order valence-corrected chi connectivity index (χ2v) is 8.87. The van der Waals surface area contributed by atoms with E-state index >= 15 is 0 Å². The molecule has 0 saturated carbocycles. The molecule has 1 heterocycles. The lowest BCUT2D eigenvalue weighted by Crippen LogP contribution is -2.12. The zero-order valence-corrected chi connectivity index (χ0v) is 19.0. The number of amides is 1. The molecule has 0 unspecified atom stereocenters. The summed E-state index contributed by atoms with van der Waals surface area (Å²) >= 11 is 1.48. The van der Waals surface area contributed by atoms with Gasteiger partial charge in [-0.05, 0) is 42.5 Å². The van der Waals surface area contributed by atoms with Crippen LogP contribution in [0.4, 0.5) is 5.13 Å². The quantitative estimate of drug-likeness (QED) is 0.341. The Morgan fingerprint density at radius 1 is 0.938 bits per heavy atom. The average Bonchev–Trinajstić information content (AvgIpc) is 3.24. The van der Waals surface area contributed by atoms with Gasteiger partial charge in [-0.2, -0.15) is 0 Å². The highest BCUT2D eigenvalue weighted by Crippen LogP contribution is 2.39. The molecule has 0 saturated heterocycles. The predicted molar refractivity (Wildman–Crippen MR) is 132 cm³/mol. The number of hydrogen-bond donors (Lipinski definition) is 2. The smallest absolute Gasteiger partial charge is 0.226 e. The lowest BCUT2D eigenvalue weighted by atomic mass is 10.0. The van der Waals surface area contributed by atoms with Crippen LogP contribution in [0, 0.1) is 13.8 Å². The molecule has 0 bridgehead atoms. The van der Waals surface area contributed by atoms with Crippen LogP contribution < -0.4 is 5.32 Å². The summed E-state index contributed by atoms with van der Waals surface area (Å²) in [5, 5.41) is 13.8. The van der Waals surface area contributed by atoms with E-state index in [1.165, 1.54) is 22.5 Å². The van der Waals surface area contributed by atoms with Gasteiger partial charge in [0.15, 0.2) is 5.13 Å². The molecule has 3 aromatic carbocycles. The van der Waals surface area contributed by atoms with Crippen molar-refractivity contribution in [3.05, 3.63) is 95.6 Å². The molecule has 5 heteroatoms. The molecular formula is C27H26N2O2S. The number of thiazole rings is 1. The van der Waals surface area contributed by atoms with Crippen LogP contribution in [0.3, 0.4) is 0 Å². The van der Waals surface area contributed by atoms with Gasteiger partial charge in [-0.3, -0.25) is 4.79 Å². The van der Waals surface area contributed by atoms with Gasteiger partial charge >= 0.3 is 0 Å². The van der Waals surface area contributed by atoms with Gasteiger partial charge in [-0.25, -0.2) is 4.98 Å². The van der Waals surface area contributed by atoms with E-state index in [2.05, 4.69) is 37.4 Å². The molecule has 4 rings (SSSR count). The van der Waals surface area contributed by atoms with Gasteiger partial charge in [0.2, 0.25) is 5.91 Å². The molecule has 162 valence electrons. The average molecular weight is 443 g/mol. The highest BCUT2D eigenvalue weighted by atomic mass is 32.1. The first kappa shape index (κ1) is 21.9. The summed E-state index contributed by atoms with van der Waals surface area (Å²) in [4.78, 5) is 18.4. The summed E-state index contributed by atoms with van der Waals surface area (Å²) in [6, 6.07) is 25.8. The normalized spacial score (nSPS) is 11.8. The van der Waals surface area contributed by atoms with Crippen LogP contribution in [-0.4, -0.2) is 16.0 Å². The maximum absolute atomic E-state index is 12.6. The van der Waals surface area contributed by atoms with E-state index in [1.54, 1.807) is 0 Å². The van der Waals surface area contributed by atoms with E-state index in [0.717, 1.165) is 27.3 Å². The standard InChI is InChI=1S/C27H26N2O2S/c1-18-13-14-22(17-19(18)2)26-25(21-11-7-4-8-12-21)29-27(32-26)28-24(31)16-15-23(30)20-9-5-3-6-10-20/h3-14,17,23,30H,15-16H2,1-2H3,(H,28,29,31)/t23-/m0/s1. The third-order valence-electron chi connectivity index (χ3n) is 5.52. The number of hydrogen-bond acceptors (Lipinski definition) is 4. The molecule has 2 N–H and O–H groups in total. The van der Waals surface area contributed by atoms with Crippen molar-refractivity contribution in [2.24, 2.45) is 0 Å². The largest absolute Gasteiger partial charge is 0.388 e. The van der Waals surface area contributed by atoms with E-state index in [4.69, 9.17) is 4.98 Å². The van der Waals surface area contributed by atoms with Gasteiger partial charge in [-0.1, -0.05) is 90.2 Å². The zero-order chi connectivity index (χ0) is 22.5. The minimum absolute atomic E-state index is 0.153. The first-order valence-electron chi connectivity index (χ1n) is 10.7. The highest BCUT2D eigenvalue weighted by molar-refractivity contribution is 7.19. The van der Waals surface area contributed by atoms with Gasteiger partial charge in [0.25, 0.3) is 0 Å². The summed E-state index contributed by atoms with van der Waals surface area (Å²) in [5.74, 6) is -0.153. The Morgan fingerprint density at radius 2 is 1.62 bits per heavy atom. The number of aryl methyl sites for hydroxylation is 2. The zero-order valence-electron chi connectivity index (χ0n) is 18.2. The van der Waals surface area contributed by atoms with Crippen LogP contribution in [0.15, 0.2) is 78.9 Å². The van der Waals surface area contributed by atoms with Crippen LogP contribution >= 0.6 is 11.3 Å². The summed E-state index contributed by atoms with van der Waals surface area (Å²) in [5.41, 5.74) is 6.23. The van der Waals surface area contributed by atoms with Crippen molar-refractivity contribution >= 4 is 22.4 Å². The lowest BCUT2D eigenvalue weighted by Gasteiger charge is -2.10. The molecule has 1 atom stereocenters. The van der Waals surface area contributed by atoms with Crippen molar-refractivity contribution in [2.75, 3.05) is 5.32 Å². The Kier molecular flexibility index (Phi) is 6.78. The number of benzene rings is 3. The van der Waals surface area contributed by atoms with Crippen LogP contribution in [0.25, 0.3) is 21.7 Å². The lowest BCUT2D eigenvalue weighted by molar-refractivity contribution is -0.116. The van der Waals surface area contributed by atoms with Crippen LogP contribution in [-0.2, 0) is 4.79 Å². The molecule has 4 aromatic rings. The molecule has 0 fully saturated rings. The molecule has 32 heavy (non-hydrogen) atoms. The molecule has 0 aliphatic carbocycles. The summed E-state index contributed by atoms with van der Waals surface area (Å²) in [6.45, 7) is 4.20. The number of aromatic nitrogens is 1. The molecule has 0 aliphatic rings. The number of carbonyl (C=O) groups excluding carboxylic acids is 1.